The Kier molecular flexibility index (Phi) is 6.44. The Morgan fingerprint density at radius 2 is 1.76 bits per heavy atom. The highest BCUT2D eigenvalue weighted by molar-refractivity contribution is 6.31. The van der Waals surface area contributed by atoms with Crippen LogP contribution in [0.2, 0.25) is 0 Å². The molecular weight excluding hydrogens is 480 g/mol. The lowest BCUT2D eigenvalue weighted by Crippen LogP contribution is -2.44. The van der Waals surface area contributed by atoms with Crippen molar-refractivity contribution in [3.63, 3.8) is 0 Å². The van der Waals surface area contributed by atoms with Crippen molar-refractivity contribution in [1.29, 1.82) is 0 Å². The number of phenolic OH excluding ortho intramolecular Hbond substituents is 2. The average Bonchev–Trinajstić information content (AvgIpc) is 2.86. The molecule has 0 bridgehead atoms. The van der Waals surface area contributed by atoms with Crippen LogP contribution in [0, 0.1) is 18.8 Å². The Morgan fingerprint density at radius 1 is 1.05 bits per heavy atom. The lowest BCUT2D eigenvalue weighted by molar-refractivity contribution is -0.251. The van der Waals surface area contributed by atoms with Gasteiger partial charge in [0.2, 0.25) is 0 Å². The van der Waals surface area contributed by atoms with Crippen LogP contribution in [-0.4, -0.2) is 62.9 Å². The SMILES string of the molecule is Cc1cccc2c1C(=O)c1c(O)c3c(c(O)c1C2=O)C[C@@H](C(=O)CO)CC3O[C@H]1C[C@@H](C)[C@@H](O)C(C)O1. The molecule has 5 rings (SSSR count). The molecule has 0 aromatic heterocycles. The minimum absolute atomic E-state index is 0.0412. The molecule has 0 amide bonds. The van der Waals surface area contributed by atoms with E-state index in [1.807, 2.05) is 6.92 Å². The van der Waals surface area contributed by atoms with Crippen LogP contribution in [0.3, 0.4) is 0 Å². The Labute approximate surface area is 213 Å². The number of benzene rings is 2. The van der Waals surface area contributed by atoms with Gasteiger partial charge in [-0.3, -0.25) is 14.4 Å². The van der Waals surface area contributed by atoms with Gasteiger partial charge in [0.15, 0.2) is 23.6 Å². The van der Waals surface area contributed by atoms with Gasteiger partial charge in [0.1, 0.15) is 18.1 Å². The van der Waals surface area contributed by atoms with E-state index in [1.165, 1.54) is 6.07 Å². The number of hydrogen-bond acceptors (Lipinski definition) is 9. The van der Waals surface area contributed by atoms with E-state index in [1.54, 1.807) is 26.0 Å². The second-order valence-electron chi connectivity index (χ2n) is 10.4. The molecule has 1 fully saturated rings. The smallest absolute Gasteiger partial charge is 0.198 e. The fourth-order valence-electron chi connectivity index (χ4n) is 5.96. The number of aryl methyl sites for hydroxylation is 1. The van der Waals surface area contributed by atoms with E-state index >= 15 is 0 Å². The van der Waals surface area contributed by atoms with E-state index in [9.17, 15) is 34.8 Å². The van der Waals surface area contributed by atoms with Gasteiger partial charge in [-0.1, -0.05) is 25.1 Å². The highest BCUT2D eigenvalue weighted by Crippen LogP contribution is 2.51. The van der Waals surface area contributed by atoms with Crippen molar-refractivity contribution in [3.8, 4) is 11.5 Å². The van der Waals surface area contributed by atoms with Gasteiger partial charge in [-0.2, -0.15) is 0 Å². The van der Waals surface area contributed by atoms with Crippen molar-refractivity contribution >= 4 is 17.3 Å². The molecule has 1 saturated heterocycles. The standard InChI is InChI=1S/C28H30O9/c1-11-5-4-6-15-20(11)27(34)23-22(25(15)32)26(33)16-8-14(17(30)10-29)9-18(21(16)28(23)35)37-19-7-12(2)24(31)13(3)36-19/h4-6,12-14,18-19,24,29,31,33,35H,7-10H2,1-3H3/t12-,13?,14-,18?,19+,24-/m1/s1. The molecule has 0 saturated carbocycles. The minimum Gasteiger partial charge on any atom is -0.507 e. The van der Waals surface area contributed by atoms with Gasteiger partial charge in [-0.25, -0.2) is 0 Å². The predicted octanol–water partition coefficient (Wildman–Crippen LogP) is 2.50. The molecule has 196 valence electrons. The maximum atomic E-state index is 13.6. The van der Waals surface area contributed by atoms with Gasteiger partial charge in [-0.15, -0.1) is 0 Å². The minimum atomic E-state index is -0.971. The molecule has 2 aliphatic carbocycles. The monoisotopic (exact) mass is 510 g/mol. The summed E-state index contributed by atoms with van der Waals surface area (Å²) in [6.07, 6.45) is -2.58. The fourth-order valence-corrected chi connectivity index (χ4v) is 5.96. The van der Waals surface area contributed by atoms with Gasteiger partial charge in [0.05, 0.1) is 29.4 Å². The zero-order chi connectivity index (χ0) is 26.8. The number of phenols is 2. The van der Waals surface area contributed by atoms with Crippen molar-refractivity contribution in [1.82, 2.24) is 0 Å². The van der Waals surface area contributed by atoms with Gasteiger partial charge < -0.3 is 29.9 Å². The second kappa shape index (κ2) is 9.33. The number of ether oxygens (including phenoxy) is 2. The summed E-state index contributed by atoms with van der Waals surface area (Å²) in [5.74, 6) is -3.48. The molecule has 1 heterocycles. The fraction of sp³-hybridized carbons (Fsp3) is 0.464. The molecule has 0 radical (unpaired) electrons. The predicted molar refractivity (Wildman–Crippen MR) is 130 cm³/mol. The molecule has 6 atom stereocenters. The molecular formula is C28H30O9. The molecule has 2 unspecified atom stereocenters. The van der Waals surface area contributed by atoms with E-state index in [-0.39, 0.29) is 52.1 Å². The van der Waals surface area contributed by atoms with E-state index in [0.717, 1.165) is 0 Å². The van der Waals surface area contributed by atoms with Crippen LogP contribution in [0.5, 0.6) is 11.5 Å². The first-order chi connectivity index (χ1) is 17.5. The first-order valence-electron chi connectivity index (χ1n) is 12.5. The lowest BCUT2D eigenvalue weighted by atomic mass is 9.73. The van der Waals surface area contributed by atoms with Crippen molar-refractivity contribution in [2.45, 2.75) is 64.6 Å². The zero-order valence-electron chi connectivity index (χ0n) is 20.9. The van der Waals surface area contributed by atoms with Crippen molar-refractivity contribution in [3.05, 3.63) is 57.1 Å². The number of carbonyl (C=O) groups excluding carboxylic acids is 3. The third-order valence-corrected chi connectivity index (χ3v) is 7.98. The number of aliphatic hydroxyl groups is 2. The van der Waals surface area contributed by atoms with Crippen molar-refractivity contribution in [2.75, 3.05) is 6.61 Å². The van der Waals surface area contributed by atoms with Crippen LogP contribution in [0.1, 0.15) is 81.3 Å². The van der Waals surface area contributed by atoms with E-state index in [2.05, 4.69) is 0 Å². The molecule has 4 N–H and O–H groups in total. The number of carbonyl (C=O) groups is 3. The molecule has 3 aliphatic rings. The molecule has 2 aromatic carbocycles. The lowest BCUT2D eigenvalue weighted by Gasteiger charge is -2.40. The Hall–Kier alpha value is -3.11. The first kappa shape index (κ1) is 25.5. The second-order valence-corrected chi connectivity index (χ2v) is 10.4. The van der Waals surface area contributed by atoms with Crippen LogP contribution in [0.15, 0.2) is 18.2 Å². The summed E-state index contributed by atoms with van der Waals surface area (Å²) in [5.41, 5.74) is 0.552. The normalized spacial score (nSPS) is 28.9. The van der Waals surface area contributed by atoms with Crippen LogP contribution >= 0.6 is 0 Å². The van der Waals surface area contributed by atoms with Gasteiger partial charge in [0, 0.05) is 34.6 Å². The molecule has 2 aromatic rings. The topological polar surface area (TPSA) is 151 Å². The summed E-state index contributed by atoms with van der Waals surface area (Å²) in [7, 11) is 0. The number of fused-ring (bicyclic) bond motifs is 3. The molecule has 1 aliphatic heterocycles. The van der Waals surface area contributed by atoms with Gasteiger partial charge >= 0.3 is 0 Å². The number of hydrogen-bond donors (Lipinski definition) is 4. The quantitative estimate of drug-likeness (QED) is 0.388. The summed E-state index contributed by atoms with van der Waals surface area (Å²) < 4.78 is 12.0. The number of rotatable bonds is 4. The third kappa shape index (κ3) is 3.97. The van der Waals surface area contributed by atoms with Crippen LogP contribution in [0.25, 0.3) is 0 Å². The van der Waals surface area contributed by atoms with Crippen LogP contribution in [-0.2, 0) is 20.7 Å². The summed E-state index contributed by atoms with van der Waals surface area (Å²) in [5, 5.41) is 42.5. The number of Topliss-reactive ketones (excluding diaryl/α,β-unsaturated/α-hetero) is 1. The molecule has 0 spiro atoms. The molecule has 9 nitrogen and oxygen atoms in total. The number of aromatic hydroxyl groups is 2. The summed E-state index contributed by atoms with van der Waals surface area (Å²) in [4.78, 5) is 39.5. The summed E-state index contributed by atoms with van der Waals surface area (Å²) >= 11 is 0. The maximum absolute atomic E-state index is 13.6. The van der Waals surface area contributed by atoms with Gasteiger partial charge in [-0.05, 0) is 38.2 Å². The first-order valence-corrected chi connectivity index (χ1v) is 12.5. The largest absolute Gasteiger partial charge is 0.507 e. The average molecular weight is 511 g/mol. The molecule has 37 heavy (non-hydrogen) atoms. The maximum Gasteiger partial charge on any atom is 0.198 e. The third-order valence-electron chi connectivity index (χ3n) is 7.98. The Bertz CT molecular complexity index is 1300. The van der Waals surface area contributed by atoms with Crippen molar-refractivity contribution < 1.29 is 44.3 Å². The van der Waals surface area contributed by atoms with E-state index < -0.39 is 66.0 Å². The highest BCUT2D eigenvalue weighted by atomic mass is 16.7. The van der Waals surface area contributed by atoms with Crippen LogP contribution in [0.4, 0.5) is 0 Å². The Balaban J connectivity index is 1.65. The molecule has 9 heteroatoms. The van der Waals surface area contributed by atoms with Crippen molar-refractivity contribution in [2.24, 2.45) is 11.8 Å². The Morgan fingerprint density at radius 3 is 2.43 bits per heavy atom. The summed E-state index contributed by atoms with van der Waals surface area (Å²) in [6.45, 7) is 4.55. The number of ketones is 3. The van der Waals surface area contributed by atoms with E-state index in [0.29, 0.717) is 12.0 Å². The zero-order valence-corrected chi connectivity index (χ0v) is 20.9. The highest BCUT2D eigenvalue weighted by Gasteiger charge is 2.44. The van der Waals surface area contributed by atoms with Crippen LogP contribution < -0.4 is 0 Å². The summed E-state index contributed by atoms with van der Waals surface area (Å²) in [6, 6.07) is 4.84. The van der Waals surface area contributed by atoms with Gasteiger partial charge in [0.25, 0.3) is 0 Å². The van der Waals surface area contributed by atoms with E-state index in [4.69, 9.17) is 9.47 Å². The number of aliphatic hydroxyl groups excluding tert-OH is 2.